The number of nitrogens with one attached hydrogen (secondary N) is 2. The van der Waals surface area contributed by atoms with Crippen LogP contribution < -0.4 is 10.6 Å². The van der Waals surface area contributed by atoms with E-state index in [4.69, 9.17) is 23.2 Å². The molecule has 0 aliphatic heterocycles. The maximum atomic E-state index is 12.7. The van der Waals surface area contributed by atoms with E-state index < -0.39 is 0 Å². The molecule has 0 heterocycles. The summed E-state index contributed by atoms with van der Waals surface area (Å²) in [5, 5.41) is 8.75. The Morgan fingerprint density at radius 2 is 0.933 bits per heavy atom. The van der Waals surface area contributed by atoms with Crippen molar-refractivity contribution in [2.24, 2.45) is 0 Å². The Balaban J connectivity index is 1.68. The Bertz CT molecular complexity index is 1140. The molecule has 0 spiro atoms. The Morgan fingerprint density at radius 1 is 0.567 bits per heavy atom. The van der Waals surface area contributed by atoms with Crippen LogP contribution in [-0.2, 0) is 0 Å². The monoisotopic (exact) mass is 434 g/mol. The fourth-order valence-corrected chi connectivity index (χ4v) is 3.29. The first-order chi connectivity index (χ1) is 14.5. The number of halogens is 2. The van der Waals surface area contributed by atoms with Gasteiger partial charge < -0.3 is 10.6 Å². The van der Waals surface area contributed by atoms with Crippen LogP contribution in [0.5, 0.6) is 0 Å². The summed E-state index contributed by atoms with van der Waals surface area (Å²) in [6.07, 6.45) is 0. The fourth-order valence-electron chi connectivity index (χ4n) is 3.04. The van der Waals surface area contributed by atoms with E-state index in [1.807, 2.05) is 36.4 Å². The molecule has 2 amide bonds. The predicted molar refractivity (Wildman–Crippen MR) is 123 cm³/mol. The average molecular weight is 435 g/mol. The highest BCUT2D eigenvalue weighted by Crippen LogP contribution is 2.29. The van der Waals surface area contributed by atoms with Crippen LogP contribution in [0.3, 0.4) is 0 Å². The second-order valence-corrected chi connectivity index (χ2v) is 7.54. The van der Waals surface area contributed by atoms with Gasteiger partial charge in [-0.2, -0.15) is 0 Å². The van der Waals surface area contributed by atoms with Crippen molar-refractivity contribution in [3.05, 3.63) is 106 Å². The fraction of sp³-hybridized carbons (Fsp3) is 0. The molecule has 4 aromatic rings. The van der Waals surface area contributed by atoms with Crippen molar-refractivity contribution in [2.45, 2.75) is 0 Å². The summed E-state index contributed by atoms with van der Waals surface area (Å²) < 4.78 is 0. The minimum absolute atomic E-state index is 0.302. The molecule has 0 saturated heterocycles. The highest BCUT2D eigenvalue weighted by Gasteiger charge is 2.14. The molecule has 2 N–H and O–H groups in total. The number of carbonyl (C=O) groups is 2. The molecule has 0 saturated carbocycles. The lowest BCUT2D eigenvalue weighted by Gasteiger charge is -2.14. The van der Waals surface area contributed by atoms with E-state index in [1.54, 1.807) is 48.5 Å². The number of anilines is 2. The molecular weight excluding hydrogens is 419 g/mol. The first kappa shape index (κ1) is 20.0. The normalized spacial score (nSPS) is 10.6. The summed E-state index contributed by atoms with van der Waals surface area (Å²) in [7, 11) is 0. The lowest BCUT2D eigenvalue weighted by atomic mass is 10.1. The van der Waals surface area contributed by atoms with Gasteiger partial charge in [-0.25, -0.2) is 0 Å². The molecule has 0 aliphatic carbocycles. The van der Waals surface area contributed by atoms with Crippen molar-refractivity contribution in [3.8, 4) is 0 Å². The van der Waals surface area contributed by atoms with Gasteiger partial charge in [0.15, 0.2) is 0 Å². The van der Waals surface area contributed by atoms with Gasteiger partial charge in [0.2, 0.25) is 0 Å². The Labute approximate surface area is 183 Å². The van der Waals surface area contributed by atoms with E-state index in [9.17, 15) is 9.59 Å². The molecule has 6 heteroatoms. The van der Waals surface area contributed by atoms with Gasteiger partial charge in [-0.15, -0.1) is 0 Å². The maximum absolute atomic E-state index is 12.7. The summed E-state index contributed by atoms with van der Waals surface area (Å²) in [5.74, 6) is -0.604. The molecule has 0 bridgehead atoms. The maximum Gasteiger partial charge on any atom is 0.255 e. The Morgan fingerprint density at radius 3 is 1.30 bits per heavy atom. The largest absolute Gasteiger partial charge is 0.320 e. The van der Waals surface area contributed by atoms with Crippen molar-refractivity contribution in [2.75, 3.05) is 10.6 Å². The van der Waals surface area contributed by atoms with E-state index in [0.717, 1.165) is 10.8 Å². The highest BCUT2D eigenvalue weighted by molar-refractivity contribution is 6.31. The molecule has 4 nitrogen and oxygen atoms in total. The van der Waals surface area contributed by atoms with Crippen LogP contribution in [0.15, 0.2) is 84.9 Å². The molecule has 0 fully saturated rings. The number of hydrogen-bond donors (Lipinski definition) is 2. The van der Waals surface area contributed by atoms with E-state index in [1.165, 1.54) is 0 Å². The summed E-state index contributed by atoms with van der Waals surface area (Å²) >= 11 is 11.8. The smallest absolute Gasteiger partial charge is 0.255 e. The quantitative estimate of drug-likeness (QED) is 0.377. The Kier molecular flexibility index (Phi) is 5.70. The summed E-state index contributed by atoms with van der Waals surface area (Å²) in [5.41, 5.74) is 1.91. The minimum atomic E-state index is -0.302. The third-order valence-corrected chi connectivity index (χ3v) is 5.10. The van der Waals surface area contributed by atoms with Crippen LogP contribution in [0.4, 0.5) is 11.4 Å². The van der Waals surface area contributed by atoms with Gasteiger partial charge in [-0.1, -0.05) is 47.5 Å². The van der Waals surface area contributed by atoms with E-state index in [2.05, 4.69) is 10.6 Å². The Hall–Kier alpha value is -3.34. The van der Waals surface area contributed by atoms with Crippen LogP contribution in [0.1, 0.15) is 20.7 Å². The third-order valence-electron chi connectivity index (χ3n) is 4.60. The molecule has 0 aromatic heterocycles. The summed E-state index contributed by atoms with van der Waals surface area (Å²) in [6, 6.07) is 24.6. The number of amides is 2. The lowest BCUT2D eigenvalue weighted by molar-refractivity contribution is 0.101. The van der Waals surface area contributed by atoms with Gasteiger partial charge in [0, 0.05) is 21.2 Å². The molecule has 0 atom stereocenters. The second-order valence-electron chi connectivity index (χ2n) is 6.67. The van der Waals surface area contributed by atoms with Crippen molar-refractivity contribution < 1.29 is 9.59 Å². The summed E-state index contributed by atoms with van der Waals surface area (Å²) in [4.78, 5) is 25.5. The zero-order valence-electron chi connectivity index (χ0n) is 15.7. The first-order valence-corrected chi connectivity index (χ1v) is 9.92. The number of benzene rings is 4. The number of rotatable bonds is 4. The van der Waals surface area contributed by atoms with Crippen LogP contribution in [0, 0.1) is 0 Å². The minimum Gasteiger partial charge on any atom is -0.320 e. The number of carbonyl (C=O) groups excluding carboxylic acids is 2. The van der Waals surface area contributed by atoms with E-state index in [-0.39, 0.29) is 11.8 Å². The molecular formula is C24H16Cl2N2O2. The van der Waals surface area contributed by atoms with Crippen molar-refractivity contribution in [1.82, 2.24) is 0 Å². The zero-order valence-corrected chi connectivity index (χ0v) is 17.2. The van der Waals surface area contributed by atoms with Gasteiger partial charge in [0.05, 0.1) is 11.4 Å². The average Bonchev–Trinajstić information content (AvgIpc) is 2.75. The molecule has 4 rings (SSSR count). The van der Waals surface area contributed by atoms with Crippen LogP contribution >= 0.6 is 23.2 Å². The molecule has 0 unspecified atom stereocenters. The van der Waals surface area contributed by atoms with Crippen LogP contribution in [0.2, 0.25) is 10.0 Å². The van der Waals surface area contributed by atoms with Crippen LogP contribution in [0.25, 0.3) is 10.8 Å². The molecule has 4 aromatic carbocycles. The van der Waals surface area contributed by atoms with Crippen LogP contribution in [-0.4, -0.2) is 11.8 Å². The predicted octanol–water partition coefficient (Wildman–Crippen LogP) is 6.65. The van der Waals surface area contributed by atoms with Gasteiger partial charge in [-0.3, -0.25) is 9.59 Å². The van der Waals surface area contributed by atoms with E-state index in [0.29, 0.717) is 32.5 Å². The number of hydrogen-bond acceptors (Lipinski definition) is 2. The molecule has 0 radical (unpaired) electrons. The molecule has 148 valence electrons. The molecule has 30 heavy (non-hydrogen) atoms. The SMILES string of the molecule is O=C(Nc1cc2ccccc2cc1NC(=O)c1ccc(Cl)cc1)c1ccc(Cl)cc1. The van der Waals surface area contributed by atoms with Gasteiger partial charge in [0.25, 0.3) is 11.8 Å². The van der Waals surface area contributed by atoms with Crippen molar-refractivity contribution in [1.29, 1.82) is 0 Å². The van der Waals surface area contributed by atoms with Gasteiger partial charge in [0.1, 0.15) is 0 Å². The summed E-state index contributed by atoms with van der Waals surface area (Å²) in [6.45, 7) is 0. The first-order valence-electron chi connectivity index (χ1n) is 9.16. The zero-order chi connectivity index (χ0) is 21.1. The second kappa shape index (κ2) is 8.57. The topological polar surface area (TPSA) is 58.2 Å². The highest BCUT2D eigenvalue weighted by atomic mass is 35.5. The third kappa shape index (κ3) is 4.46. The lowest BCUT2D eigenvalue weighted by Crippen LogP contribution is -2.17. The van der Waals surface area contributed by atoms with Gasteiger partial charge >= 0.3 is 0 Å². The van der Waals surface area contributed by atoms with Crippen molar-refractivity contribution in [3.63, 3.8) is 0 Å². The molecule has 0 aliphatic rings. The van der Waals surface area contributed by atoms with Crippen molar-refractivity contribution >= 4 is 57.2 Å². The van der Waals surface area contributed by atoms with Gasteiger partial charge in [-0.05, 0) is 71.4 Å². The number of fused-ring (bicyclic) bond motifs is 1. The standard InChI is InChI=1S/C24H16Cl2N2O2/c25-19-9-5-15(6-10-19)23(29)27-21-13-17-3-1-2-4-18(17)14-22(21)28-24(30)16-7-11-20(26)12-8-16/h1-14H,(H,27,29)(H,28,30). The van der Waals surface area contributed by atoms with E-state index >= 15 is 0 Å².